The van der Waals surface area contributed by atoms with Crippen LogP contribution in [0.25, 0.3) is 0 Å². The first kappa shape index (κ1) is 14.7. The number of fused-ring (bicyclic) bond motifs is 1. The summed E-state index contributed by atoms with van der Waals surface area (Å²) in [4.78, 5) is 16.3. The van der Waals surface area contributed by atoms with Crippen molar-refractivity contribution >= 4 is 17.3 Å². The minimum atomic E-state index is -0.339. The van der Waals surface area contributed by atoms with E-state index in [1.807, 2.05) is 0 Å². The molecule has 0 aliphatic heterocycles. The highest BCUT2D eigenvalue weighted by Gasteiger charge is 2.51. The molecule has 1 heterocycles. The molecule has 4 nitrogen and oxygen atoms in total. The molecule has 114 valence electrons. The summed E-state index contributed by atoms with van der Waals surface area (Å²) in [5, 5.41) is 2.53. The maximum Gasteiger partial charge on any atom is 0.358 e. The lowest BCUT2D eigenvalue weighted by atomic mass is 9.49. The van der Waals surface area contributed by atoms with Gasteiger partial charge in [0.1, 0.15) is 11.6 Å². The number of methoxy groups -OCH3 is 1. The van der Waals surface area contributed by atoms with Gasteiger partial charge in [0.15, 0.2) is 5.69 Å². The van der Waals surface area contributed by atoms with Gasteiger partial charge in [0.25, 0.3) is 0 Å². The van der Waals surface area contributed by atoms with E-state index in [0.717, 1.165) is 17.3 Å². The summed E-state index contributed by atoms with van der Waals surface area (Å²) >= 11 is 1.42. The van der Waals surface area contributed by atoms with Crippen molar-refractivity contribution in [2.45, 2.75) is 33.3 Å². The van der Waals surface area contributed by atoms with Gasteiger partial charge in [-0.25, -0.2) is 9.78 Å². The van der Waals surface area contributed by atoms with Crippen molar-refractivity contribution in [1.29, 1.82) is 0 Å². The van der Waals surface area contributed by atoms with Gasteiger partial charge in [0, 0.05) is 12.5 Å². The number of aromatic nitrogens is 1. The summed E-state index contributed by atoms with van der Waals surface area (Å²) in [6, 6.07) is 0. The Morgan fingerprint density at radius 2 is 2.29 bits per heavy atom. The first-order chi connectivity index (χ1) is 10.0. The van der Waals surface area contributed by atoms with E-state index < -0.39 is 0 Å². The Morgan fingerprint density at radius 3 is 2.95 bits per heavy atom. The van der Waals surface area contributed by atoms with E-state index in [0.29, 0.717) is 30.2 Å². The molecule has 0 radical (unpaired) electrons. The quantitative estimate of drug-likeness (QED) is 0.617. The molecule has 4 rings (SSSR count). The van der Waals surface area contributed by atoms with Crippen LogP contribution < -0.4 is 0 Å². The Labute approximate surface area is 129 Å². The predicted octanol–water partition coefficient (Wildman–Crippen LogP) is 3.44. The average molecular weight is 307 g/mol. The van der Waals surface area contributed by atoms with Crippen molar-refractivity contribution in [3.05, 3.63) is 27.7 Å². The van der Waals surface area contributed by atoms with Crippen molar-refractivity contribution < 1.29 is 14.3 Å². The molecule has 0 N–H and O–H groups in total. The average Bonchev–Trinajstić information content (AvgIpc) is 2.94. The fourth-order valence-electron chi connectivity index (χ4n) is 3.46. The molecule has 1 saturated carbocycles. The molecule has 1 aromatic heterocycles. The third-order valence-corrected chi connectivity index (χ3v) is 5.80. The highest BCUT2D eigenvalue weighted by molar-refractivity contribution is 7.09. The fourth-order valence-corrected chi connectivity index (χ4v) is 4.19. The van der Waals surface area contributed by atoms with Crippen LogP contribution in [0.15, 0.2) is 17.0 Å². The normalized spacial score (nSPS) is 26.0. The molecule has 21 heavy (non-hydrogen) atoms. The maximum absolute atomic E-state index is 12.0. The third kappa shape index (κ3) is 2.64. The van der Waals surface area contributed by atoms with Crippen LogP contribution in [-0.4, -0.2) is 24.7 Å². The number of nitrogens with zero attached hydrogens (tertiary/aromatic N) is 1. The van der Waals surface area contributed by atoms with Crippen molar-refractivity contribution in [3.63, 3.8) is 0 Å². The smallest absolute Gasteiger partial charge is 0.358 e. The number of esters is 1. The van der Waals surface area contributed by atoms with E-state index in [9.17, 15) is 4.79 Å². The Balaban J connectivity index is 1.57. The highest BCUT2D eigenvalue weighted by Crippen LogP contribution is 2.59. The van der Waals surface area contributed by atoms with Crippen LogP contribution in [0.4, 0.5) is 0 Å². The number of ether oxygens (including phenoxy) is 2. The number of hydrogen-bond donors (Lipinski definition) is 0. The van der Waals surface area contributed by atoms with E-state index >= 15 is 0 Å². The summed E-state index contributed by atoms with van der Waals surface area (Å²) in [6.07, 6.45) is 4.62. The molecular formula is C16H21NO3S. The second kappa shape index (κ2) is 5.54. The van der Waals surface area contributed by atoms with Gasteiger partial charge in [-0.15, -0.1) is 11.3 Å². The van der Waals surface area contributed by atoms with Crippen molar-refractivity contribution in [3.8, 4) is 0 Å². The first-order valence-electron chi connectivity index (χ1n) is 7.31. The summed E-state index contributed by atoms with van der Waals surface area (Å²) in [7, 11) is 1.61. The minimum absolute atomic E-state index is 0.339. The molecule has 2 atom stereocenters. The van der Waals surface area contributed by atoms with Gasteiger partial charge in [-0.2, -0.15) is 0 Å². The molecule has 5 heteroatoms. The molecule has 1 fully saturated rings. The fraction of sp³-hybridized carbons (Fsp3) is 0.625. The molecule has 3 aliphatic carbocycles. The van der Waals surface area contributed by atoms with Gasteiger partial charge >= 0.3 is 5.97 Å². The number of allylic oxidation sites excluding steroid dienone is 1. The zero-order valence-corrected chi connectivity index (χ0v) is 13.5. The standard InChI is InChI=1S/C16H21NO3S/c1-16(2)11-5-4-10(12(16)6-11)7-20-15(18)13-9-21-14(17-13)8-19-3/h4,9,11-12H,5-8H2,1-3H3/t11-,12-/m1/s1. The summed E-state index contributed by atoms with van der Waals surface area (Å²) < 4.78 is 10.4. The van der Waals surface area contributed by atoms with Gasteiger partial charge in [-0.1, -0.05) is 19.9 Å². The molecule has 2 bridgehead atoms. The van der Waals surface area contributed by atoms with Crippen LogP contribution in [0.5, 0.6) is 0 Å². The lowest BCUT2D eigenvalue weighted by molar-refractivity contribution is -0.0155. The number of carbonyl (C=O) groups excluding carboxylic acids is 1. The number of hydrogen-bond acceptors (Lipinski definition) is 5. The molecule has 0 saturated heterocycles. The van der Waals surface area contributed by atoms with Crippen molar-refractivity contribution in [1.82, 2.24) is 4.98 Å². The molecule has 1 aromatic rings. The third-order valence-electron chi connectivity index (χ3n) is 4.98. The topological polar surface area (TPSA) is 48.4 Å². The maximum atomic E-state index is 12.0. The van der Waals surface area contributed by atoms with Crippen molar-refractivity contribution in [2.75, 3.05) is 13.7 Å². The first-order valence-corrected chi connectivity index (χ1v) is 8.19. The van der Waals surface area contributed by atoms with E-state index in [2.05, 4.69) is 24.9 Å². The predicted molar refractivity (Wildman–Crippen MR) is 81.2 cm³/mol. The molecule has 0 amide bonds. The zero-order chi connectivity index (χ0) is 15.0. The zero-order valence-electron chi connectivity index (χ0n) is 12.7. The number of thiazole rings is 1. The van der Waals surface area contributed by atoms with Crippen LogP contribution >= 0.6 is 11.3 Å². The summed E-state index contributed by atoms with van der Waals surface area (Å²) in [5.41, 5.74) is 2.03. The van der Waals surface area contributed by atoms with E-state index in [4.69, 9.17) is 9.47 Å². The van der Waals surface area contributed by atoms with Crippen LogP contribution in [0, 0.1) is 17.3 Å². The van der Waals surface area contributed by atoms with E-state index in [1.165, 1.54) is 23.3 Å². The molecule has 0 spiro atoms. The Hall–Kier alpha value is -1.20. The SMILES string of the molecule is COCc1nc(C(=O)OCC2=CC[C@@H]3C[C@H]2C3(C)C)cs1. The lowest BCUT2D eigenvalue weighted by Crippen LogP contribution is -2.48. The highest BCUT2D eigenvalue weighted by atomic mass is 32.1. The molecular weight excluding hydrogens is 286 g/mol. The Morgan fingerprint density at radius 1 is 1.48 bits per heavy atom. The largest absolute Gasteiger partial charge is 0.456 e. The van der Waals surface area contributed by atoms with Crippen LogP contribution in [0.3, 0.4) is 0 Å². The number of carbonyl (C=O) groups is 1. The molecule has 3 aliphatic rings. The van der Waals surface area contributed by atoms with E-state index in [1.54, 1.807) is 12.5 Å². The Kier molecular flexibility index (Phi) is 3.88. The Bertz CT molecular complexity index is 576. The summed E-state index contributed by atoms with van der Waals surface area (Å²) in [6.45, 7) is 5.47. The van der Waals surface area contributed by atoms with Gasteiger partial charge in [-0.3, -0.25) is 0 Å². The van der Waals surface area contributed by atoms with Gasteiger partial charge < -0.3 is 9.47 Å². The number of rotatable bonds is 5. The molecule has 0 unspecified atom stereocenters. The van der Waals surface area contributed by atoms with Crippen LogP contribution in [0.1, 0.15) is 42.2 Å². The van der Waals surface area contributed by atoms with Crippen LogP contribution in [0.2, 0.25) is 0 Å². The van der Waals surface area contributed by atoms with Gasteiger partial charge in [0.2, 0.25) is 0 Å². The van der Waals surface area contributed by atoms with Crippen LogP contribution in [-0.2, 0) is 16.1 Å². The van der Waals surface area contributed by atoms with Gasteiger partial charge in [-0.05, 0) is 35.7 Å². The second-order valence-corrected chi connectivity index (χ2v) is 7.40. The lowest BCUT2D eigenvalue weighted by Gasteiger charge is -2.56. The minimum Gasteiger partial charge on any atom is -0.456 e. The molecule has 0 aromatic carbocycles. The second-order valence-electron chi connectivity index (χ2n) is 6.46. The van der Waals surface area contributed by atoms with E-state index in [-0.39, 0.29) is 5.97 Å². The van der Waals surface area contributed by atoms with Crippen molar-refractivity contribution in [2.24, 2.45) is 17.3 Å². The summed E-state index contributed by atoms with van der Waals surface area (Å²) in [5.74, 6) is 1.04. The monoisotopic (exact) mass is 307 g/mol. The van der Waals surface area contributed by atoms with Gasteiger partial charge in [0.05, 0.1) is 6.61 Å².